The Hall–Kier alpha value is -1.32. The van der Waals surface area contributed by atoms with E-state index in [4.69, 9.17) is 5.14 Å². The van der Waals surface area contributed by atoms with Gasteiger partial charge in [0.2, 0.25) is 10.0 Å². The number of rotatable bonds is 2. The van der Waals surface area contributed by atoms with Gasteiger partial charge in [-0.25, -0.2) is 13.6 Å². The van der Waals surface area contributed by atoms with Gasteiger partial charge in [-0.05, 0) is 13.0 Å². The molecule has 1 heterocycles. The standard InChI is InChI=1S/C9H10N3O4S2/c1-5-4-17-8-3-6(18(10,15)16)2-7(12(13)14)9(8)11-5/h2-3,5,11H,1,4H2,(H2,10,15,16)/t5-/m1/s1. The normalized spacial score (nSPS) is 18.9. The minimum Gasteiger partial charge on any atom is -0.375 e. The maximum Gasteiger partial charge on any atom is 0.294 e. The third kappa shape index (κ3) is 2.42. The summed E-state index contributed by atoms with van der Waals surface area (Å²) < 4.78 is 22.5. The van der Waals surface area contributed by atoms with E-state index in [0.29, 0.717) is 16.3 Å². The van der Waals surface area contributed by atoms with Crippen molar-refractivity contribution in [3.8, 4) is 0 Å². The van der Waals surface area contributed by atoms with Crippen LogP contribution in [0, 0.1) is 17.0 Å². The van der Waals surface area contributed by atoms with Crippen molar-refractivity contribution in [2.24, 2.45) is 5.14 Å². The van der Waals surface area contributed by atoms with Crippen LogP contribution in [0.2, 0.25) is 0 Å². The SMILES string of the molecule is [CH2][C@@H]1CSc2cc(S(N)(=O)=O)cc([N+](=O)[O-])c2N1. The largest absolute Gasteiger partial charge is 0.375 e. The zero-order chi connectivity index (χ0) is 13.5. The number of nitrogens with one attached hydrogen (secondary N) is 1. The molecule has 18 heavy (non-hydrogen) atoms. The molecule has 1 aromatic rings. The van der Waals surface area contributed by atoms with Crippen molar-refractivity contribution in [1.29, 1.82) is 0 Å². The first-order valence-corrected chi connectivity index (χ1v) is 7.40. The second-order valence-corrected chi connectivity index (χ2v) is 6.39. The van der Waals surface area contributed by atoms with Crippen LogP contribution >= 0.6 is 11.8 Å². The van der Waals surface area contributed by atoms with E-state index in [9.17, 15) is 18.5 Å². The summed E-state index contributed by atoms with van der Waals surface area (Å²) >= 11 is 1.31. The van der Waals surface area contributed by atoms with Crippen LogP contribution in [0.25, 0.3) is 0 Å². The Bertz CT molecular complexity index is 614. The van der Waals surface area contributed by atoms with E-state index in [1.165, 1.54) is 17.8 Å². The van der Waals surface area contributed by atoms with Crippen molar-refractivity contribution >= 4 is 33.2 Å². The Kier molecular flexibility index (Phi) is 3.21. The number of sulfonamides is 1. The molecule has 0 aromatic heterocycles. The lowest BCUT2D eigenvalue weighted by atomic mass is 10.2. The molecule has 1 aromatic carbocycles. The molecule has 9 heteroatoms. The molecule has 0 saturated heterocycles. The summed E-state index contributed by atoms with van der Waals surface area (Å²) in [7, 11) is -3.97. The summed E-state index contributed by atoms with van der Waals surface area (Å²) in [6.07, 6.45) is 0. The second-order valence-electron chi connectivity index (χ2n) is 3.77. The van der Waals surface area contributed by atoms with Crippen molar-refractivity contribution in [2.75, 3.05) is 11.1 Å². The average Bonchev–Trinajstić information content (AvgIpc) is 2.25. The molecule has 0 amide bonds. The average molecular weight is 288 g/mol. The molecule has 0 saturated carbocycles. The molecule has 7 nitrogen and oxygen atoms in total. The molecule has 2 rings (SSSR count). The molecule has 0 spiro atoms. The minimum atomic E-state index is -3.97. The van der Waals surface area contributed by atoms with Crippen molar-refractivity contribution in [1.82, 2.24) is 0 Å². The van der Waals surface area contributed by atoms with E-state index in [-0.39, 0.29) is 16.6 Å². The van der Waals surface area contributed by atoms with Crippen LogP contribution in [0.15, 0.2) is 21.9 Å². The first kappa shape index (κ1) is 13.1. The van der Waals surface area contributed by atoms with Gasteiger partial charge in [-0.1, -0.05) is 0 Å². The maximum absolute atomic E-state index is 11.3. The van der Waals surface area contributed by atoms with E-state index in [0.717, 1.165) is 6.07 Å². The maximum atomic E-state index is 11.3. The van der Waals surface area contributed by atoms with Gasteiger partial charge in [0.25, 0.3) is 5.69 Å². The predicted octanol–water partition coefficient (Wildman–Crippen LogP) is 0.962. The molecule has 3 N–H and O–H groups in total. The van der Waals surface area contributed by atoms with Gasteiger partial charge in [0.1, 0.15) is 5.69 Å². The van der Waals surface area contributed by atoms with Crippen molar-refractivity contribution in [3.63, 3.8) is 0 Å². The molecule has 97 valence electrons. The number of nitrogens with two attached hydrogens (primary N) is 1. The highest BCUT2D eigenvalue weighted by molar-refractivity contribution is 7.99. The Balaban J connectivity index is 2.67. The predicted molar refractivity (Wildman–Crippen MR) is 68.0 cm³/mol. The first-order valence-electron chi connectivity index (χ1n) is 4.86. The molecule has 1 radical (unpaired) electrons. The molecular formula is C9H10N3O4S2. The molecule has 0 unspecified atom stereocenters. The van der Waals surface area contributed by atoms with Gasteiger partial charge in [-0.2, -0.15) is 0 Å². The number of primary sulfonamides is 1. The Morgan fingerprint density at radius 2 is 2.22 bits per heavy atom. The lowest BCUT2D eigenvalue weighted by Crippen LogP contribution is -2.24. The highest BCUT2D eigenvalue weighted by atomic mass is 32.2. The topological polar surface area (TPSA) is 115 Å². The van der Waals surface area contributed by atoms with Crippen LogP contribution in [0.3, 0.4) is 0 Å². The second kappa shape index (κ2) is 4.41. The summed E-state index contributed by atoms with van der Waals surface area (Å²) in [5.74, 6) is 0.595. The van der Waals surface area contributed by atoms with Crippen LogP contribution in [0.1, 0.15) is 0 Å². The van der Waals surface area contributed by atoms with Gasteiger partial charge < -0.3 is 5.32 Å². The van der Waals surface area contributed by atoms with Gasteiger partial charge in [-0.15, -0.1) is 11.8 Å². The summed E-state index contributed by atoms with van der Waals surface area (Å²) in [6.45, 7) is 3.77. The fourth-order valence-corrected chi connectivity index (χ4v) is 3.19. The van der Waals surface area contributed by atoms with E-state index >= 15 is 0 Å². The van der Waals surface area contributed by atoms with E-state index in [1.54, 1.807) is 0 Å². The number of nitro groups is 1. The fraction of sp³-hybridized carbons (Fsp3) is 0.222. The third-order valence-electron chi connectivity index (χ3n) is 2.37. The zero-order valence-electron chi connectivity index (χ0n) is 9.12. The van der Waals surface area contributed by atoms with Crippen molar-refractivity contribution in [3.05, 3.63) is 29.2 Å². The number of nitro benzene ring substituents is 1. The molecule has 0 bridgehead atoms. The summed E-state index contributed by atoms with van der Waals surface area (Å²) in [5.41, 5.74) is -0.0129. The van der Waals surface area contributed by atoms with Gasteiger partial charge in [0.15, 0.2) is 0 Å². The molecular weight excluding hydrogens is 278 g/mol. The van der Waals surface area contributed by atoms with Crippen molar-refractivity contribution < 1.29 is 13.3 Å². The number of fused-ring (bicyclic) bond motifs is 1. The van der Waals surface area contributed by atoms with E-state index in [2.05, 4.69) is 12.2 Å². The number of anilines is 1. The number of benzene rings is 1. The Labute approximate surface area is 108 Å². The van der Waals surface area contributed by atoms with E-state index in [1.807, 2.05) is 0 Å². The third-order valence-corrected chi connectivity index (χ3v) is 4.46. The van der Waals surface area contributed by atoms with Crippen LogP contribution in [0.4, 0.5) is 11.4 Å². The highest BCUT2D eigenvalue weighted by Gasteiger charge is 2.27. The van der Waals surface area contributed by atoms with Crippen LogP contribution in [0.5, 0.6) is 0 Å². The van der Waals surface area contributed by atoms with Gasteiger partial charge in [0, 0.05) is 22.8 Å². The van der Waals surface area contributed by atoms with Gasteiger partial charge in [0.05, 0.1) is 9.82 Å². The van der Waals surface area contributed by atoms with Gasteiger partial charge >= 0.3 is 0 Å². The number of thioether (sulfide) groups is 1. The number of hydrogen-bond donors (Lipinski definition) is 2. The fourth-order valence-electron chi connectivity index (χ4n) is 1.58. The molecule has 1 aliphatic heterocycles. The smallest absolute Gasteiger partial charge is 0.294 e. The van der Waals surface area contributed by atoms with Crippen LogP contribution in [-0.4, -0.2) is 25.1 Å². The molecule has 1 atom stereocenters. The molecule has 0 fully saturated rings. The molecule has 0 aliphatic carbocycles. The number of nitrogens with zero attached hydrogens (tertiary/aromatic N) is 1. The van der Waals surface area contributed by atoms with Gasteiger partial charge in [-0.3, -0.25) is 10.1 Å². The molecule has 1 aliphatic rings. The van der Waals surface area contributed by atoms with Crippen molar-refractivity contribution in [2.45, 2.75) is 15.8 Å². The first-order chi connectivity index (χ1) is 8.29. The monoisotopic (exact) mass is 288 g/mol. The lowest BCUT2D eigenvalue weighted by Gasteiger charge is -2.23. The Morgan fingerprint density at radius 1 is 1.56 bits per heavy atom. The minimum absolute atomic E-state index is 0.165. The summed E-state index contributed by atoms with van der Waals surface area (Å²) in [6, 6.07) is 2.13. The number of hydrogen-bond acceptors (Lipinski definition) is 6. The summed E-state index contributed by atoms with van der Waals surface area (Å²) in [5, 5.41) is 18.8. The summed E-state index contributed by atoms with van der Waals surface area (Å²) in [4.78, 5) is 10.6. The quantitative estimate of drug-likeness (QED) is 0.618. The van der Waals surface area contributed by atoms with Crippen LogP contribution < -0.4 is 10.5 Å². The zero-order valence-corrected chi connectivity index (χ0v) is 10.8. The lowest BCUT2D eigenvalue weighted by molar-refractivity contribution is -0.384. The highest BCUT2D eigenvalue weighted by Crippen LogP contribution is 2.41. The Morgan fingerprint density at radius 3 is 2.78 bits per heavy atom. The van der Waals surface area contributed by atoms with Crippen LogP contribution in [-0.2, 0) is 10.0 Å². The van der Waals surface area contributed by atoms with E-state index < -0.39 is 14.9 Å².